The first-order valence-corrected chi connectivity index (χ1v) is 9.63. The van der Waals surface area contributed by atoms with Crippen molar-refractivity contribution >= 4 is 21.9 Å². The summed E-state index contributed by atoms with van der Waals surface area (Å²) in [7, 11) is -3.27. The molecule has 0 bridgehead atoms. The zero-order valence-electron chi connectivity index (χ0n) is 13.4. The normalized spacial score (nSPS) is 24.9. The number of ether oxygens (including phenoxy) is 1. The number of esters is 1. The van der Waals surface area contributed by atoms with E-state index in [2.05, 4.69) is 5.32 Å². The molecule has 2 fully saturated rings. The maximum atomic E-state index is 12.5. The molecular formula is C15H22N2O5S. The van der Waals surface area contributed by atoms with Crippen LogP contribution in [0.1, 0.15) is 39.5 Å². The minimum atomic E-state index is -3.27. The van der Waals surface area contributed by atoms with Crippen LogP contribution in [0.3, 0.4) is 0 Å². The highest BCUT2D eigenvalue weighted by molar-refractivity contribution is 7.89. The van der Waals surface area contributed by atoms with Gasteiger partial charge in [-0.2, -0.15) is 0 Å². The zero-order valence-corrected chi connectivity index (χ0v) is 14.2. The summed E-state index contributed by atoms with van der Waals surface area (Å²) in [5, 5.41) is 2.91. The smallest absolute Gasteiger partial charge is 0.335 e. The van der Waals surface area contributed by atoms with Crippen LogP contribution in [0.25, 0.3) is 0 Å². The molecule has 1 N–H and O–H groups in total. The summed E-state index contributed by atoms with van der Waals surface area (Å²) < 4.78 is 30.9. The van der Waals surface area contributed by atoms with Gasteiger partial charge < -0.3 is 10.1 Å². The van der Waals surface area contributed by atoms with Crippen molar-refractivity contribution in [1.29, 1.82) is 0 Å². The van der Waals surface area contributed by atoms with E-state index in [4.69, 9.17) is 4.74 Å². The Morgan fingerprint density at radius 3 is 2.48 bits per heavy atom. The molecule has 0 aromatic heterocycles. The number of sulfonamides is 1. The van der Waals surface area contributed by atoms with Crippen molar-refractivity contribution in [1.82, 2.24) is 9.62 Å². The Morgan fingerprint density at radius 2 is 1.96 bits per heavy atom. The molecule has 0 unspecified atom stereocenters. The Bertz CT molecular complexity index is 670. The highest BCUT2D eigenvalue weighted by atomic mass is 32.2. The summed E-state index contributed by atoms with van der Waals surface area (Å²) in [4.78, 5) is 24.5. The maximum absolute atomic E-state index is 12.5. The Kier molecular flexibility index (Phi) is 4.00. The first kappa shape index (κ1) is 16.4. The highest BCUT2D eigenvalue weighted by Crippen LogP contribution is 2.41. The molecule has 0 aromatic rings. The number of carbonyl (C=O) groups excluding carboxylic acids is 2. The number of piperidine rings is 1. The van der Waals surface area contributed by atoms with E-state index in [1.165, 1.54) is 4.31 Å². The lowest BCUT2D eigenvalue weighted by Gasteiger charge is -2.38. The molecule has 1 spiro atoms. The van der Waals surface area contributed by atoms with Gasteiger partial charge in [0.05, 0.1) is 11.3 Å². The summed E-state index contributed by atoms with van der Waals surface area (Å²) in [6, 6.07) is 0.191. The van der Waals surface area contributed by atoms with Crippen molar-refractivity contribution in [2.24, 2.45) is 0 Å². The van der Waals surface area contributed by atoms with Crippen molar-refractivity contribution in [3.63, 3.8) is 0 Å². The van der Waals surface area contributed by atoms with Crippen molar-refractivity contribution in [3.8, 4) is 0 Å². The van der Waals surface area contributed by atoms with Gasteiger partial charge in [0.15, 0.2) is 0 Å². The molecule has 23 heavy (non-hydrogen) atoms. The van der Waals surface area contributed by atoms with Crippen LogP contribution in [0.15, 0.2) is 11.1 Å². The van der Waals surface area contributed by atoms with Gasteiger partial charge in [0.2, 0.25) is 10.0 Å². The number of hydrogen-bond donors (Lipinski definition) is 1. The summed E-state index contributed by atoms with van der Waals surface area (Å²) in [5.74, 6) is -0.677. The minimum Gasteiger partial charge on any atom is -0.450 e. The van der Waals surface area contributed by atoms with Crippen LogP contribution in [0.5, 0.6) is 0 Å². The number of hydrogen-bond acceptors (Lipinski definition) is 5. The Balaban J connectivity index is 1.81. The third-order valence-corrected chi connectivity index (χ3v) is 6.73. The van der Waals surface area contributed by atoms with E-state index in [9.17, 15) is 18.0 Å². The Morgan fingerprint density at radius 1 is 1.35 bits per heavy atom. The molecule has 1 saturated heterocycles. The summed E-state index contributed by atoms with van der Waals surface area (Å²) in [6.45, 7) is 3.73. The molecule has 0 aromatic carbocycles. The average molecular weight is 342 g/mol. The number of nitrogens with one attached hydrogen (secondary N) is 1. The molecule has 7 nitrogen and oxygen atoms in total. The lowest BCUT2D eigenvalue weighted by Crippen LogP contribution is -2.50. The molecular weight excluding hydrogens is 320 g/mol. The monoisotopic (exact) mass is 342 g/mol. The summed E-state index contributed by atoms with van der Waals surface area (Å²) >= 11 is 0. The van der Waals surface area contributed by atoms with Gasteiger partial charge in [0.25, 0.3) is 5.91 Å². The van der Waals surface area contributed by atoms with Gasteiger partial charge in [-0.3, -0.25) is 4.79 Å². The second-order valence-electron chi connectivity index (χ2n) is 6.43. The molecule has 128 valence electrons. The van der Waals surface area contributed by atoms with Gasteiger partial charge in [-0.25, -0.2) is 17.5 Å². The summed E-state index contributed by atoms with van der Waals surface area (Å²) in [5.41, 5.74) is -0.238. The molecule has 3 aliphatic rings. The van der Waals surface area contributed by atoms with E-state index in [1.54, 1.807) is 13.8 Å². The second kappa shape index (κ2) is 5.59. The van der Waals surface area contributed by atoms with Crippen LogP contribution in [-0.4, -0.2) is 55.1 Å². The molecule has 8 heteroatoms. The quantitative estimate of drug-likeness (QED) is 0.743. The Hall–Kier alpha value is -1.41. The van der Waals surface area contributed by atoms with Gasteiger partial charge in [0.1, 0.15) is 5.60 Å². The molecule has 1 amide bonds. The van der Waals surface area contributed by atoms with Crippen LogP contribution in [0.2, 0.25) is 0 Å². The zero-order chi connectivity index (χ0) is 16.8. The molecule has 0 radical (unpaired) electrons. The van der Waals surface area contributed by atoms with Crippen LogP contribution < -0.4 is 5.32 Å². The molecule has 0 atom stereocenters. The largest absolute Gasteiger partial charge is 0.450 e. The fraction of sp³-hybridized carbons (Fsp3) is 0.733. The lowest BCUT2D eigenvalue weighted by molar-refractivity contribution is -0.150. The van der Waals surface area contributed by atoms with Gasteiger partial charge in [0, 0.05) is 37.5 Å². The van der Waals surface area contributed by atoms with E-state index in [0.717, 1.165) is 12.8 Å². The van der Waals surface area contributed by atoms with Crippen molar-refractivity contribution < 1.29 is 22.7 Å². The third-order valence-electron chi connectivity index (χ3n) is 4.85. The standard InChI is InChI=1S/C15H22N2O5S/c1-3-23(20,21)17-8-6-15(7-9-17)12(10(2)14(19)22-15)13(18)16-11-4-5-11/h11H,3-9H2,1-2H3,(H,16,18). The van der Waals surface area contributed by atoms with Gasteiger partial charge >= 0.3 is 5.97 Å². The lowest BCUT2D eigenvalue weighted by atomic mass is 9.83. The predicted molar refractivity (Wildman–Crippen MR) is 83.0 cm³/mol. The molecule has 3 rings (SSSR count). The van der Waals surface area contributed by atoms with E-state index in [-0.39, 0.29) is 30.8 Å². The first-order valence-electron chi connectivity index (χ1n) is 8.02. The minimum absolute atomic E-state index is 0.0453. The number of rotatable bonds is 4. The first-order chi connectivity index (χ1) is 10.8. The van der Waals surface area contributed by atoms with E-state index in [1.807, 2.05) is 0 Å². The van der Waals surface area contributed by atoms with Crippen LogP contribution in [0.4, 0.5) is 0 Å². The van der Waals surface area contributed by atoms with E-state index in [0.29, 0.717) is 24.0 Å². The van der Waals surface area contributed by atoms with Gasteiger partial charge in [-0.05, 0) is 26.7 Å². The van der Waals surface area contributed by atoms with Gasteiger partial charge in [-0.15, -0.1) is 0 Å². The highest BCUT2D eigenvalue weighted by Gasteiger charge is 2.52. The fourth-order valence-corrected chi connectivity index (χ4v) is 4.38. The third kappa shape index (κ3) is 2.89. The van der Waals surface area contributed by atoms with Crippen LogP contribution in [-0.2, 0) is 24.3 Å². The number of nitrogens with zero attached hydrogens (tertiary/aromatic N) is 1. The Labute approximate surface area is 136 Å². The van der Waals surface area contributed by atoms with Gasteiger partial charge in [-0.1, -0.05) is 0 Å². The molecule has 1 saturated carbocycles. The van der Waals surface area contributed by atoms with Crippen LogP contribution >= 0.6 is 0 Å². The van der Waals surface area contributed by atoms with Crippen molar-refractivity contribution in [3.05, 3.63) is 11.1 Å². The second-order valence-corrected chi connectivity index (χ2v) is 8.69. The van der Waals surface area contributed by atoms with Crippen molar-refractivity contribution in [2.75, 3.05) is 18.8 Å². The van der Waals surface area contributed by atoms with Crippen LogP contribution in [0, 0.1) is 0 Å². The maximum Gasteiger partial charge on any atom is 0.335 e. The van der Waals surface area contributed by atoms with E-state index < -0.39 is 21.6 Å². The predicted octanol–water partition coefficient (Wildman–Crippen LogP) is 0.323. The summed E-state index contributed by atoms with van der Waals surface area (Å²) in [6.07, 6.45) is 2.57. The topological polar surface area (TPSA) is 92.8 Å². The fourth-order valence-electron chi connectivity index (χ4n) is 3.27. The average Bonchev–Trinajstić information content (AvgIpc) is 3.27. The molecule has 2 aliphatic heterocycles. The SMILES string of the molecule is CCS(=O)(=O)N1CCC2(CC1)OC(=O)C(C)=C2C(=O)NC1CC1. The number of amides is 1. The number of carbonyl (C=O) groups is 2. The van der Waals surface area contributed by atoms with Crippen molar-refractivity contribution in [2.45, 2.75) is 51.2 Å². The molecule has 1 aliphatic carbocycles. The van der Waals surface area contributed by atoms with E-state index >= 15 is 0 Å². The molecule has 2 heterocycles.